The second kappa shape index (κ2) is 4.94. The van der Waals surface area contributed by atoms with Crippen molar-refractivity contribution in [2.75, 3.05) is 24.6 Å². The van der Waals surface area contributed by atoms with E-state index in [-0.39, 0.29) is 23.5 Å². The number of nitrogens with two attached hydrogens (primary N) is 1. The minimum Gasteiger partial charge on any atom is -0.340 e. The van der Waals surface area contributed by atoms with E-state index in [1.165, 1.54) is 0 Å². The number of hydrogen-bond acceptors (Lipinski definition) is 4. The third kappa shape index (κ3) is 3.79. The van der Waals surface area contributed by atoms with Crippen LogP contribution in [0.5, 0.6) is 0 Å². The van der Waals surface area contributed by atoms with Gasteiger partial charge in [0, 0.05) is 24.9 Å². The summed E-state index contributed by atoms with van der Waals surface area (Å²) in [5.74, 6) is -0.679. The fourth-order valence-corrected chi connectivity index (χ4v) is 2.38. The van der Waals surface area contributed by atoms with E-state index in [1.54, 1.807) is 11.8 Å². The van der Waals surface area contributed by atoms with Gasteiger partial charge >= 0.3 is 0 Å². The highest BCUT2D eigenvalue weighted by molar-refractivity contribution is 7.92. The maximum atomic E-state index is 11.6. The van der Waals surface area contributed by atoms with Gasteiger partial charge in [0.1, 0.15) is 5.75 Å². The minimum atomic E-state index is -3.22. The highest BCUT2D eigenvalue weighted by Gasteiger charge is 2.24. The summed E-state index contributed by atoms with van der Waals surface area (Å²) in [5, 5.41) is 0. The number of rotatable bonds is 3. The van der Waals surface area contributed by atoms with E-state index >= 15 is 0 Å². The summed E-state index contributed by atoms with van der Waals surface area (Å²) in [4.78, 5) is 13.2. The molecule has 2 N–H and O–H groups in total. The molecule has 0 bridgehead atoms. The van der Waals surface area contributed by atoms with Gasteiger partial charge in [-0.05, 0) is 12.8 Å². The SMILES string of the molecule is CCS(=O)(=O)CC(=O)N1CCCC(N)C1. The van der Waals surface area contributed by atoms with Crippen molar-refractivity contribution in [3.8, 4) is 0 Å². The van der Waals surface area contributed by atoms with Crippen molar-refractivity contribution in [1.29, 1.82) is 0 Å². The van der Waals surface area contributed by atoms with Crippen LogP contribution in [0, 0.1) is 0 Å². The highest BCUT2D eigenvalue weighted by atomic mass is 32.2. The molecule has 1 unspecified atom stereocenters. The number of piperidine rings is 1. The average molecular weight is 234 g/mol. The number of hydrogen-bond donors (Lipinski definition) is 1. The zero-order chi connectivity index (χ0) is 11.5. The van der Waals surface area contributed by atoms with E-state index in [0.717, 1.165) is 12.8 Å². The molecule has 0 aromatic heterocycles. The summed E-state index contributed by atoms with van der Waals surface area (Å²) in [6.07, 6.45) is 1.77. The molecule has 1 amide bonds. The van der Waals surface area contributed by atoms with E-state index in [4.69, 9.17) is 5.73 Å². The van der Waals surface area contributed by atoms with Crippen LogP contribution in [0.2, 0.25) is 0 Å². The Morgan fingerprint density at radius 3 is 2.73 bits per heavy atom. The van der Waals surface area contributed by atoms with E-state index in [9.17, 15) is 13.2 Å². The van der Waals surface area contributed by atoms with Gasteiger partial charge in [-0.15, -0.1) is 0 Å². The van der Waals surface area contributed by atoms with Crippen LogP contribution in [0.15, 0.2) is 0 Å². The van der Waals surface area contributed by atoms with Crippen molar-refractivity contribution < 1.29 is 13.2 Å². The van der Waals surface area contributed by atoms with Crippen LogP contribution in [-0.4, -0.2) is 49.9 Å². The first-order valence-electron chi connectivity index (χ1n) is 5.18. The van der Waals surface area contributed by atoms with Crippen LogP contribution in [0.25, 0.3) is 0 Å². The smallest absolute Gasteiger partial charge is 0.237 e. The van der Waals surface area contributed by atoms with Crippen LogP contribution < -0.4 is 5.73 Å². The van der Waals surface area contributed by atoms with E-state index in [1.807, 2.05) is 0 Å². The maximum absolute atomic E-state index is 11.6. The van der Waals surface area contributed by atoms with Crippen LogP contribution in [0.1, 0.15) is 19.8 Å². The zero-order valence-electron chi connectivity index (χ0n) is 8.98. The molecule has 1 heterocycles. The normalized spacial score (nSPS) is 22.8. The Morgan fingerprint density at radius 1 is 1.53 bits per heavy atom. The summed E-state index contributed by atoms with van der Waals surface area (Å²) in [5.41, 5.74) is 5.72. The Labute approximate surface area is 90.5 Å². The number of likely N-dealkylation sites (tertiary alicyclic amines) is 1. The molecule has 6 heteroatoms. The van der Waals surface area contributed by atoms with Crippen molar-refractivity contribution in [2.45, 2.75) is 25.8 Å². The van der Waals surface area contributed by atoms with Gasteiger partial charge in [-0.2, -0.15) is 0 Å². The van der Waals surface area contributed by atoms with E-state index < -0.39 is 9.84 Å². The Morgan fingerprint density at radius 2 is 2.20 bits per heavy atom. The molecule has 0 aliphatic carbocycles. The molecule has 1 saturated heterocycles. The standard InChI is InChI=1S/C9H18N2O3S/c1-2-15(13,14)7-9(12)11-5-3-4-8(10)6-11/h8H,2-7,10H2,1H3. The molecule has 1 rings (SSSR count). The number of carbonyl (C=O) groups excluding carboxylic acids is 1. The van der Waals surface area contributed by atoms with Gasteiger partial charge in [0.2, 0.25) is 5.91 Å². The van der Waals surface area contributed by atoms with Gasteiger partial charge in [-0.1, -0.05) is 6.92 Å². The van der Waals surface area contributed by atoms with Gasteiger partial charge in [0.25, 0.3) is 0 Å². The molecule has 1 aliphatic rings. The summed E-state index contributed by atoms with van der Waals surface area (Å²) in [6.45, 7) is 2.66. The molecular weight excluding hydrogens is 216 g/mol. The maximum Gasteiger partial charge on any atom is 0.237 e. The molecule has 1 atom stereocenters. The summed E-state index contributed by atoms with van der Waals surface area (Å²) >= 11 is 0. The molecule has 1 aliphatic heterocycles. The lowest BCUT2D eigenvalue weighted by molar-refractivity contribution is -0.129. The minimum absolute atomic E-state index is 0.00738. The lowest BCUT2D eigenvalue weighted by Crippen LogP contribution is -2.47. The zero-order valence-corrected chi connectivity index (χ0v) is 9.79. The first kappa shape index (κ1) is 12.4. The monoisotopic (exact) mass is 234 g/mol. The van der Waals surface area contributed by atoms with E-state index in [0.29, 0.717) is 13.1 Å². The first-order chi connectivity index (χ1) is 6.94. The highest BCUT2D eigenvalue weighted by Crippen LogP contribution is 2.09. The summed E-state index contributed by atoms with van der Waals surface area (Å²) in [7, 11) is -3.22. The predicted molar refractivity (Wildman–Crippen MR) is 58.1 cm³/mol. The Hall–Kier alpha value is -0.620. The quantitative estimate of drug-likeness (QED) is 0.705. The van der Waals surface area contributed by atoms with Gasteiger partial charge in [-0.3, -0.25) is 4.79 Å². The van der Waals surface area contributed by atoms with Crippen LogP contribution in [-0.2, 0) is 14.6 Å². The molecular formula is C9H18N2O3S. The van der Waals surface area contributed by atoms with Gasteiger partial charge < -0.3 is 10.6 Å². The lowest BCUT2D eigenvalue weighted by Gasteiger charge is -2.30. The van der Waals surface area contributed by atoms with Crippen molar-refractivity contribution in [3.05, 3.63) is 0 Å². The second-order valence-electron chi connectivity index (χ2n) is 3.92. The molecule has 5 nitrogen and oxygen atoms in total. The third-order valence-electron chi connectivity index (χ3n) is 2.59. The molecule has 1 fully saturated rings. The molecule has 0 radical (unpaired) electrons. The average Bonchev–Trinajstić information content (AvgIpc) is 2.17. The molecule has 15 heavy (non-hydrogen) atoms. The molecule has 88 valence electrons. The second-order valence-corrected chi connectivity index (χ2v) is 6.27. The number of sulfone groups is 1. The number of nitrogens with zero attached hydrogens (tertiary/aromatic N) is 1. The fourth-order valence-electron chi connectivity index (χ4n) is 1.62. The number of carbonyl (C=O) groups is 1. The first-order valence-corrected chi connectivity index (χ1v) is 7.00. The number of amides is 1. The van der Waals surface area contributed by atoms with Gasteiger partial charge in [0.15, 0.2) is 9.84 Å². The van der Waals surface area contributed by atoms with Crippen LogP contribution in [0.3, 0.4) is 0 Å². The Balaban J connectivity index is 2.53. The molecule has 0 aromatic carbocycles. The fraction of sp³-hybridized carbons (Fsp3) is 0.889. The molecule has 0 aromatic rings. The predicted octanol–water partition coefficient (Wildman–Crippen LogP) is -0.629. The summed E-state index contributed by atoms with van der Waals surface area (Å²) < 4.78 is 22.5. The van der Waals surface area contributed by atoms with Crippen molar-refractivity contribution in [2.24, 2.45) is 5.73 Å². The summed E-state index contributed by atoms with van der Waals surface area (Å²) in [6, 6.07) is -0.00738. The van der Waals surface area contributed by atoms with Crippen molar-refractivity contribution >= 4 is 15.7 Å². The Kier molecular flexibility index (Phi) is 4.10. The van der Waals surface area contributed by atoms with Crippen LogP contribution >= 0.6 is 0 Å². The molecule has 0 spiro atoms. The Bertz CT molecular complexity index is 326. The largest absolute Gasteiger partial charge is 0.340 e. The van der Waals surface area contributed by atoms with Gasteiger partial charge in [-0.25, -0.2) is 8.42 Å². The van der Waals surface area contributed by atoms with Crippen LogP contribution in [0.4, 0.5) is 0 Å². The van der Waals surface area contributed by atoms with E-state index in [2.05, 4.69) is 0 Å². The van der Waals surface area contributed by atoms with Gasteiger partial charge in [0.05, 0.1) is 0 Å². The lowest BCUT2D eigenvalue weighted by atomic mass is 10.1. The van der Waals surface area contributed by atoms with Crippen molar-refractivity contribution in [1.82, 2.24) is 4.90 Å². The topological polar surface area (TPSA) is 80.5 Å². The third-order valence-corrected chi connectivity index (χ3v) is 4.16. The van der Waals surface area contributed by atoms with Crippen molar-refractivity contribution in [3.63, 3.8) is 0 Å². The molecule has 0 saturated carbocycles.